The standard InChI is InChI=1S/C22H24N4OS/c1-3-15-7-8-16(4-2)19(12-15)20(27)14-28-22-25-24-21(26(22)18-9-10-18)17-6-5-11-23-13-17/h5-8,11-13,18H,3-4,9-10,14H2,1-2H3. The lowest BCUT2D eigenvalue weighted by molar-refractivity contribution is 0.102. The van der Waals surface area contributed by atoms with Crippen molar-refractivity contribution in [3.05, 3.63) is 59.4 Å². The smallest absolute Gasteiger partial charge is 0.192 e. The van der Waals surface area contributed by atoms with E-state index in [1.54, 1.807) is 6.20 Å². The van der Waals surface area contributed by atoms with Crippen molar-refractivity contribution in [1.82, 2.24) is 19.7 Å². The molecular weight excluding hydrogens is 368 g/mol. The quantitative estimate of drug-likeness (QED) is 0.408. The first kappa shape index (κ1) is 18.9. The van der Waals surface area contributed by atoms with Gasteiger partial charge in [-0.15, -0.1) is 10.2 Å². The number of hydrogen-bond acceptors (Lipinski definition) is 5. The highest BCUT2D eigenvalue weighted by molar-refractivity contribution is 7.99. The van der Waals surface area contributed by atoms with Gasteiger partial charge >= 0.3 is 0 Å². The summed E-state index contributed by atoms with van der Waals surface area (Å²) >= 11 is 1.49. The Kier molecular flexibility index (Phi) is 5.57. The van der Waals surface area contributed by atoms with Crippen molar-refractivity contribution in [3.63, 3.8) is 0 Å². The summed E-state index contributed by atoms with van der Waals surface area (Å²) in [5.74, 6) is 1.37. The van der Waals surface area contributed by atoms with E-state index in [1.807, 2.05) is 18.3 Å². The van der Waals surface area contributed by atoms with Gasteiger partial charge in [0.1, 0.15) is 0 Å². The Balaban J connectivity index is 1.56. The number of benzene rings is 1. The summed E-state index contributed by atoms with van der Waals surface area (Å²) < 4.78 is 2.18. The highest BCUT2D eigenvalue weighted by atomic mass is 32.2. The summed E-state index contributed by atoms with van der Waals surface area (Å²) in [6, 6.07) is 10.6. The summed E-state index contributed by atoms with van der Waals surface area (Å²) in [6.07, 6.45) is 7.62. The summed E-state index contributed by atoms with van der Waals surface area (Å²) in [5.41, 5.74) is 4.12. The molecule has 28 heavy (non-hydrogen) atoms. The van der Waals surface area contributed by atoms with E-state index < -0.39 is 0 Å². The fourth-order valence-electron chi connectivity index (χ4n) is 3.35. The van der Waals surface area contributed by atoms with Gasteiger partial charge in [-0.1, -0.05) is 37.7 Å². The Hall–Kier alpha value is -2.47. The van der Waals surface area contributed by atoms with Gasteiger partial charge in [-0.2, -0.15) is 0 Å². The van der Waals surface area contributed by atoms with Crippen LogP contribution in [0.3, 0.4) is 0 Å². The van der Waals surface area contributed by atoms with Crippen molar-refractivity contribution in [1.29, 1.82) is 0 Å². The molecule has 0 unspecified atom stereocenters. The van der Waals surface area contributed by atoms with Gasteiger partial charge in [-0.25, -0.2) is 0 Å². The molecule has 1 aliphatic carbocycles. The minimum absolute atomic E-state index is 0.158. The first-order valence-electron chi connectivity index (χ1n) is 9.84. The zero-order valence-corrected chi connectivity index (χ0v) is 17.1. The average Bonchev–Trinajstić information content (AvgIpc) is 3.50. The second-order valence-electron chi connectivity index (χ2n) is 7.06. The molecule has 2 aromatic heterocycles. The monoisotopic (exact) mass is 392 g/mol. The number of thioether (sulfide) groups is 1. The Morgan fingerprint density at radius 2 is 2.04 bits per heavy atom. The van der Waals surface area contributed by atoms with E-state index in [0.717, 1.165) is 53.4 Å². The van der Waals surface area contributed by atoms with E-state index in [0.29, 0.717) is 11.8 Å². The molecule has 0 atom stereocenters. The van der Waals surface area contributed by atoms with Gasteiger partial charge in [0.25, 0.3) is 0 Å². The number of ketones is 1. The van der Waals surface area contributed by atoms with E-state index >= 15 is 0 Å². The number of hydrogen-bond donors (Lipinski definition) is 0. The molecule has 6 heteroatoms. The molecule has 1 aliphatic rings. The second kappa shape index (κ2) is 8.27. The predicted octanol–water partition coefficient (Wildman–Crippen LogP) is 4.77. The molecule has 0 saturated heterocycles. The van der Waals surface area contributed by atoms with Crippen LogP contribution in [0.15, 0.2) is 47.9 Å². The number of carbonyl (C=O) groups is 1. The van der Waals surface area contributed by atoms with Crippen molar-refractivity contribution in [2.75, 3.05) is 5.75 Å². The van der Waals surface area contributed by atoms with Crippen LogP contribution < -0.4 is 0 Å². The molecule has 0 aliphatic heterocycles. The first-order chi connectivity index (χ1) is 13.7. The normalized spacial score (nSPS) is 13.6. The van der Waals surface area contributed by atoms with E-state index in [-0.39, 0.29) is 5.78 Å². The SMILES string of the molecule is CCc1ccc(CC)c(C(=O)CSc2nnc(-c3cccnc3)n2C2CC2)c1. The molecule has 0 N–H and O–H groups in total. The van der Waals surface area contributed by atoms with Crippen molar-refractivity contribution in [3.8, 4) is 11.4 Å². The van der Waals surface area contributed by atoms with Gasteiger partial charge in [0.15, 0.2) is 16.8 Å². The average molecular weight is 393 g/mol. The van der Waals surface area contributed by atoms with Crippen LogP contribution in [0.5, 0.6) is 0 Å². The fraction of sp³-hybridized carbons (Fsp3) is 0.364. The van der Waals surface area contributed by atoms with Gasteiger partial charge in [0, 0.05) is 29.6 Å². The van der Waals surface area contributed by atoms with Crippen LogP contribution in [0.2, 0.25) is 0 Å². The Morgan fingerprint density at radius 3 is 2.71 bits per heavy atom. The molecule has 0 amide bonds. The first-order valence-corrected chi connectivity index (χ1v) is 10.8. The van der Waals surface area contributed by atoms with Crippen LogP contribution in [0, 0.1) is 0 Å². The lowest BCUT2D eigenvalue weighted by Gasteiger charge is -2.10. The van der Waals surface area contributed by atoms with Crippen LogP contribution in [-0.4, -0.2) is 31.3 Å². The summed E-state index contributed by atoms with van der Waals surface area (Å²) in [6.45, 7) is 4.21. The number of carbonyl (C=O) groups excluding carboxylic acids is 1. The van der Waals surface area contributed by atoms with E-state index in [9.17, 15) is 4.79 Å². The van der Waals surface area contributed by atoms with Crippen LogP contribution >= 0.6 is 11.8 Å². The third-order valence-electron chi connectivity index (χ3n) is 5.09. The van der Waals surface area contributed by atoms with Gasteiger partial charge in [-0.05, 0) is 55.0 Å². The second-order valence-corrected chi connectivity index (χ2v) is 8.00. The van der Waals surface area contributed by atoms with Gasteiger partial charge < -0.3 is 0 Å². The van der Waals surface area contributed by atoms with E-state index in [1.165, 1.54) is 17.3 Å². The topological polar surface area (TPSA) is 60.7 Å². The summed E-state index contributed by atoms with van der Waals surface area (Å²) in [5, 5.41) is 9.61. The highest BCUT2D eigenvalue weighted by Gasteiger charge is 2.30. The number of Topliss-reactive ketones (excluding diaryl/α,β-unsaturated/α-hetero) is 1. The Morgan fingerprint density at radius 1 is 1.18 bits per heavy atom. The number of nitrogens with zero attached hydrogens (tertiary/aromatic N) is 4. The summed E-state index contributed by atoms with van der Waals surface area (Å²) in [7, 11) is 0. The molecule has 0 bridgehead atoms. The van der Waals surface area contributed by atoms with Crippen LogP contribution in [0.4, 0.5) is 0 Å². The zero-order valence-electron chi connectivity index (χ0n) is 16.3. The van der Waals surface area contributed by atoms with E-state index in [2.05, 4.69) is 51.8 Å². The predicted molar refractivity (Wildman–Crippen MR) is 112 cm³/mol. The molecule has 3 aromatic rings. The van der Waals surface area contributed by atoms with Crippen molar-refractivity contribution >= 4 is 17.5 Å². The van der Waals surface area contributed by atoms with Gasteiger partial charge in [-0.3, -0.25) is 14.3 Å². The molecule has 5 nitrogen and oxygen atoms in total. The van der Waals surface area contributed by atoms with Gasteiger partial charge in [0.05, 0.1) is 5.75 Å². The minimum Gasteiger partial charge on any atom is -0.299 e. The van der Waals surface area contributed by atoms with Crippen LogP contribution in [0.25, 0.3) is 11.4 Å². The maximum Gasteiger partial charge on any atom is 0.192 e. The van der Waals surface area contributed by atoms with Crippen molar-refractivity contribution < 1.29 is 4.79 Å². The highest BCUT2D eigenvalue weighted by Crippen LogP contribution is 2.41. The molecule has 2 heterocycles. The Bertz CT molecular complexity index is 979. The molecule has 4 rings (SSSR count). The maximum atomic E-state index is 13.0. The van der Waals surface area contributed by atoms with E-state index in [4.69, 9.17) is 0 Å². The lowest BCUT2D eigenvalue weighted by atomic mass is 9.98. The molecule has 1 aromatic carbocycles. The number of aromatic nitrogens is 4. The third-order valence-corrected chi connectivity index (χ3v) is 6.04. The molecular formula is C22H24N4OS. The largest absolute Gasteiger partial charge is 0.299 e. The molecule has 144 valence electrons. The summed E-state index contributed by atoms with van der Waals surface area (Å²) in [4.78, 5) is 17.1. The Labute approximate surface area is 169 Å². The lowest BCUT2D eigenvalue weighted by Crippen LogP contribution is -2.08. The van der Waals surface area contributed by atoms with Crippen LogP contribution in [0.1, 0.15) is 54.2 Å². The van der Waals surface area contributed by atoms with Crippen molar-refractivity contribution in [2.45, 2.75) is 50.7 Å². The number of aryl methyl sites for hydroxylation is 2. The minimum atomic E-state index is 0.158. The number of pyridine rings is 1. The fourth-order valence-corrected chi connectivity index (χ4v) is 4.24. The number of rotatable bonds is 8. The maximum absolute atomic E-state index is 13.0. The molecule has 1 fully saturated rings. The van der Waals surface area contributed by atoms with Crippen LogP contribution in [-0.2, 0) is 12.8 Å². The molecule has 0 spiro atoms. The van der Waals surface area contributed by atoms with Crippen molar-refractivity contribution in [2.24, 2.45) is 0 Å². The molecule has 1 saturated carbocycles. The molecule has 0 radical (unpaired) electrons. The van der Waals surface area contributed by atoms with Gasteiger partial charge in [0.2, 0.25) is 0 Å². The zero-order chi connectivity index (χ0) is 19.5. The third kappa shape index (κ3) is 3.87.